The summed E-state index contributed by atoms with van der Waals surface area (Å²) in [6, 6.07) is 14.7. The van der Waals surface area contributed by atoms with Gasteiger partial charge in [-0.1, -0.05) is 29.8 Å². The van der Waals surface area contributed by atoms with Gasteiger partial charge in [0, 0.05) is 24.4 Å². The zero-order chi connectivity index (χ0) is 19.1. The van der Waals surface area contributed by atoms with Crippen LogP contribution in [0.25, 0.3) is 0 Å². The summed E-state index contributed by atoms with van der Waals surface area (Å²) < 4.78 is 5.60. The molecule has 2 rings (SSSR count). The molecule has 0 aliphatic rings. The highest BCUT2D eigenvalue weighted by atomic mass is 35.5. The third-order valence-corrected chi connectivity index (χ3v) is 3.85. The van der Waals surface area contributed by atoms with E-state index in [0.717, 1.165) is 0 Å². The second-order valence-corrected chi connectivity index (χ2v) is 5.77. The van der Waals surface area contributed by atoms with Crippen molar-refractivity contribution in [3.63, 3.8) is 0 Å². The molecule has 0 radical (unpaired) electrons. The zero-order valence-electron chi connectivity index (χ0n) is 14.0. The molecule has 1 amide bonds. The molecular formula is C18H16ClN3O4. The van der Waals surface area contributed by atoms with Crippen LogP contribution in [0.15, 0.2) is 48.5 Å². The number of ether oxygens (including phenoxy) is 1. The molecule has 0 unspecified atom stereocenters. The van der Waals surface area contributed by atoms with Crippen molar-refractivity contribution in [1.82, 2.24) is 0 Å². The molecule has 1 atom stereocenters. The van der Waals surface area contributed by atoms with E-state index < -0.39 is 11.0 Å². The number of hydrogen-bond donors (Lipinski definition) is 0. The van der Waals surface area contributed by atoms with Crippen LogP contribution in [0.2, 0.25) is 5.02 Å². The largest absolute Gasteiger partial charge is 0.479 e. The number of carbonyl (C=O) groups excluding carboxylic acids is 1. The fourth-order valence-electron chi connectivity index (χ4n) is 2.30. The Hall–Kier alpha value is -3.11. The fraction of sp³-hybridized carbons (Fsp3) is 0.222. The molecule has 2 aromatic carbocycles. The molecule has 0 heterocycles. The van der Waals surface area contributed by atoms with Gasteiger partial charge in [0.2, 0.25) is 0 Å². The summed E-state index contributed by atoms with van der Waals surface area (Å²) in [7, 11) is 0. The minimum absolute atomic E-state index is 0.0436. The first-order chi connectivity index (χ1) is 12.4. The summed E-state index contributed by atoms with van der Waals surface area (Å²) in [6.07, 6.45) is -0.723. The Balaban J connectivity index is 2.18. The van der Waals surface area contributed by atoms with Crippen LogP contribution in [0.1, 0.15) is 13.3 Å². The third kappa shape index (κ3) is 4.71. The molecule has 0 aliphatic heterocycles. The predicted molar refractivity (Wildman–Crippen MR) is 97.2 cm³/mol. The van der Waals surface area contributed by atoms with E-state index in [0.29, 0.717) is 5.69 Å². The highest BCUT2D eigenvalue weighted by Crippen LogP contribution is 2.30. The van der Waals surface area contributed by atoms with Crippen LogP contribution in [0, 0.1) is 21.4 Å². The lowest BCUT2D eigenvalue weighted by Crippen LogP contribution is -2.41. The number of halogens is 1. The molecule has 26 heavy (non-hydrogen) atoms. The number of carbonyl (C=O) groups is 1. The Morgan fingerprint density at radius 1 is 1.35 bits per heavy atom. The minimum atomic E-state index is -0.896. The minimum Gasteiger partial charge on any atom is -0.479 e. The lowest BCUT2D eigenvalue weighted by Gasteiger charge is -2.25. The summed E-state index contributed by atoms with van der Waals surface area (Å²) in [4.78, 5) is 24.4. The van der Waals surface area contributed by atoms with E-state index in [2.05, 4.69) is 0 Å². The Morgan fingerprint density at radius 2 is 2.04 bits per heavy atom. The quantitative estimate of drug-likeness (QED) is 0.540. The fourth-order valence-corrected chi connectivity index (χ4v) is 2.51. The molecule has 0 saturated heterocycles. The summed E-state index contributed by atoms with van der Waals surface area (Å²) in [6.45, 7) is 1.78. The molecule has 7 nitrogen and oxygen atoms in total. The van der Waals surface area contributed by atoms with E-state index in [4.69, 9.17) is 21.6 Å². The van der Waals surface area contributed by atoms with Crippen molar-refractivity contribution in [2.75, 3.05) is 11.4 Å². The molecule has 0 bridgehead atoms. The summed E-state index contributed by atoms with van der Waals surface area (Å²) in [5, 5.41) is 19.6. The lowest BCUT2D eigenvalue weighted by atomic mass is 10.2. The topological polar surface area (TPSA) is 96.5 Å². The molecule has 2 aromatic rings. The molecule has 0 saturated carbocycles. The second kappa shape index (κ2) is 8.83. The van der Waals surface area contributed by atoms with Crippen LogP contribution in [0.3, 0.4) is 0 Å². The maximum atomic E-state index is 12.8. The smallest absolute Gasteiger partial charge is 0.271 e. The van der Waals surface area contributed by atoms with E-state index in [1.807, 2.05) is 12.1 Å². The van der Waals surface area contributed by atoms with Crippen molar-refractivity contribution >= 4 is 28.9 Å². The summed E-state index contributed by atoms with van der Waals surface area (Å²) >= 11 is 6.01. The number of para-hydroxylation sites is 1. The van der Waals surface area contributed by atoms with Gasteiger partial charge in [-0.2, -0.15) is 5.26 Å². The van der Waals surface area contributed by atoms with Crippen LogP contribution in [-0.2, 0) is 4.79 Å². The van der Waals surface area contributed by atoms with Crippen molar-refractivity contribution in [2.45, 2.75) is 19.4 Å². The van der Waals surface area contributed by atoms with Gasteiger partial charge in [0.05, 0.1) is 22.4 Å². The van der Waals surface area contributed by atoms with Gasteiger partial charge < -0.3 is 9.64 Å². The molecular weight excluding hydrogens is 358 g/mol. The Kier molecular flexibility index (Phi) is 6.53. The molecule has 0 aliphatic carbocycles. The van der Waals surface area contributed by atoms with Crippen molar-refractivity contribution in [1.29, 1.82) is 5.26 Å². The van der Waals surface area contributed by atoms with Gasteiger partial charge >= 0.3 is 0 Å². The standard InChI is InChI=1S/C18H16ClN3O4/c1-13(26-17-9-8-15(22(24)25)12-16(17)19)18(23)21(11-5-10-20)14-6-3-2-4-7-14/h2-4,6-9,12-13H,5,11H2,1H3/t13-/m1/s1. The summed E-state index contributed by atoms with van der Waals surface area (Å²) in [5.74, 6) is -0.174. The number of nitriles is 1. The SMILES string of the molecule is C[C@@H](Oc1ccc([N+](=O)[O-])cc1Cl)C(=O)N(CCC#N)c1ccccc1. The zero-order valence-corrected chi connectivity index (χ0v) is 14.7. The number of anilines is 1. The van der Waals surface area contributed by atoms with Gasteiger partial charge in [-0.05, 0) is 25.1 Å². The van der Waals surface area contributed by atoms with Crippen molar-refractivity contribution in [3.05, 3.63) is 63.7 Å². The van der Waals surface area contributed by atoms with E-state index in [9.17, 15) is 14.9 Å². The molecule has 0 aromatic heterocycles. The number of nitrogens with zero attached hydrogens (tertiary/aromatic N) is 3. The molecule has 0 N–H and O–H groups in total. The Morgan fingerprint density at radius 3 is 2.62 bits per heavy atom. The van der Waals surface area contributed by atoms with Crippen LogP contribution in [0.5, 0.6) is 5.75 Å². The van der Waals surface area contributed by atoms with Crippen molar-refractivity contribution < 1.29 is 14.5 Å². The highest BCUT2D eigenvalue weighted by molar-refractivity contribution is 6.32. The first-order valence-corrected chi connectivity index (χ1v) is 8.15. The van der Waals surface area contributed by atoms with Gasteiger partial charge in [0.25, 0.3) is 11.6 Å². The predicted octanol–water partition coefficient (Wildman–Crippen LogP) is 3.96. The lowest BCUT2D eigenvalue weighted by molar-refractivity contribution is -0.384. The first kappa shape index (κ1) is 19.2. The van der Waals surface area contributed by atoms with E-state index in [-0.39, 0.29) is 35.3 Å². The maximum Gasteiger partial charge on any atom is 0.271 e. The molecule has 8 heteroatoms. The van der Waals surface area contributed by atoms with Crippen LogP contribution in [-0.4, -0.2) is 23.5 Å². The molecule has 0 fully saturated rings. The van der Waals surface area contributed by atoms with Gasteiger partial charge in [0.1, 0.15) is 5.75 Å². The van der Waals surface area contributed by atoms with Gasteiger partial charge in [-0.15, -0.1) is 0 Å². The number of rotatable bonds is 7. The number of hydrogen-bond acceptors (Lipinski definition) is 5. The molecule has 0 spiro atoms. The third-order valence-electron chi connectivity index (χ3n) is 3.56. The number of amides is 1. The molecule has 134 valence electrons. The normalized spacial score (nSPS) is 11.3. The maximum absolute atomic E-state index is 12.8. The van der Waals surface area contributed by atoms with Crippen LogP contribution >= 0.6 is 11.6 Å². The van der Waals surface area contributed by atoms with E-state index >= 15 is 0 Å². The van der Waals surface area contributed by atoms with E-state index in [1.54, 1.807) is 31.2 Å². The monoisotopic (exact) mass is 373 g/mol. The highest BCUT2D eigenvalue weighted by Gasteiger charge is 2.24. The first-order valence-electron chi connectivity index (χ1n) is 7.78. The Labute approximate surface area is 155 Å². The van der Waals surface area contributed by atoms with Gasteiger partial charge in [-0.25, -0.2) is 0 Å². The number of nitro groups is 1. The number of nitro benzene ring substituents is 1. The van der Waals surface area contributed by atoms with Gasteiger partial charge in [0.15, 0.2) is 6.10 Å². The van der Waals surface area contributed by atoms with Gasteiger partial charge in [-0.3, -0.25) is 14.9 Å². The number of non-ortho nitro benzene ring substituents is 1. The Bertz CT molecular complexity index is 836. The number of benzene rings is 2. The van der Waals surface area contributed by atoms with Crippen molar-refractivity contribution in [3.8, 4) is 11.8 Å². The average Bonchev–Trinajstić information content (AvgIpc) is 2.64. The second-order valence-electron chi connectivity index (χ2n) is 5.37. The average molecular weight is 374 g/mol. The van der Waals surface area contributed by atoms with E-state index in [1.165, 1.54) is 23.1 Å². The van der Waals surface area contributed by atoms with Crippen LogP contribution in [0.4, 0.5) is 11.4 Å². The van der Waals surface area contributed by atoms with Crippen molar-refractivity contribution in [2.24, 2.45) is 0 Å². The summed E-state index contributed by atoms with van der Waals surface area (Å²) in [5.41, 5.74) is 0.485. The van der Waals surface area contributed by atoms with Crippen LogP contribution < -0.4 is 9.64 Å².